The van der Waals surface area contributed by atoms with E-state index < -0.39 is 0 Å². The first-order valence-corrected chi connectivity index (χ1v) is 7.42. The Morgan fingerprint density at radius 3 is 3.05 bits per heavy atom. The second kappa shape index (κ2) is 6.48. The average molecular weight is 329 g/mol. The third-order valence-electron chi connectivity index (χ3n) is 3.28. The fourth-order valence-corrected chi connectivity index (χ4v) is 2.66. The lowest BCUT2D eigenvalue weighted by Crippen LogP contribution is -2.51. The van der Waals surface area contributed by atoms with Gasteiger partial charge in [-0.05, 0) is 44.0 Å². The molecule has 0 spiro atoms. The number of hydrogen-bond donors (Lipinski definition) is 1. The van der Waals surface area contributed by atoms with Crippen LogP contribution >= 0.6 is 15.9 Å². The van der Waals surface area contributed by atoms with Crippen LogP contribution in [0.4, 0.5) is 10.1 Å². The summed E-state index contributed by atoms with van der Waals surface area (Å²) in [4.78, 5) is 13.9. The summed E-state index contributed by atoms with van der Waals surface area (Å²) in [6.07, 6.45) is 2.69. The number of carbonyl (C=O) groups excluding carboxylic acids is 1. The molecule has 1 aliphatic heterocycles. The fourth-order valence-electron chi connectivity index (χ4n) is 2.32. The molecule has 1 unspecified atom stereocenters. The summed E-state index contributed by atoms with van der Waals surface area (Å²) in [7, 11) is 0. The summed E-state index contributed by atoms with van der Waals surface area (Å²) in [5.74, 6) is -0.385. The Balaban J connectivity index is 2.19. The van der Waals surface area contributed by atoms with Gasteiger partial charge in [-0.25, -0.2) is 4.39 Å². The zero-order chi connectivity index (χ0) is 13.8. The van der Waals surface area contributed by atoms with Gasteiger partial charge in [-0.15, -0.1) is 0 Å². The number of nitrogens with one attached hydrogen (secondary N) is 1. The van der Waals surface area contributed by atoms with Gasteiger partial charge in [0.15, 0.2) is 0 Å². The van der Waals surface area contributed by atoms with E-state index in [4.69, 9.17) is 0 Å². The van der Waals surface area contributed by atoms with Gasteiger partial charge in [0, 0.05) is 11.0 Å². The van der Waals surface area contributed by atoms with E-state index in [9.17, 15) is 9.18 Å². The highest BCUT2D eigenvalue weighted by atomic mass is 79.9. The minimum atomic E-state index is -0.354. The first kappa shape index (κ1) is 14.5. The van der Waals surface area contributed by atoms with Crippen molar-refractivity contribution in [2.75, 3.05) is 18.0 Å². The van der Waals surface area contributed by atoms with E-state index in [0.717, 1.165) is 30.3 Å². The van der Waals surface area contributed by atoms with E-state index in [-0.39, 0.29) is 17.8 Å². The molecule has 104 valence electrons. The van der Waals surface area contributed by atoms with Crippen molar-refractivity contribution in [3.05, 3.63) is 28.5 Å². The van der Waals surface area contributed by atoms with Crippen LogP contribution in [-0.4, -0.2) is 25.0 Å². The molecule has 1 aliphatic rings. The van der Waals surface area contributed by atoms with Crippen molar-refractivity contribution in [2.24, 2.45) is 0 Å². The summed E-state index contributed by atoms with van der Waals surface area (Å²) in [6.45, 7) is 3.45. The predicted molar refractivity (Wildman–Crippen MR) is 77.8 cm³/mol. The van der Waals surface area contributed by atoms with Gasteiger partial charge in [-0.3, -0.25) is 4.79 Å². The fraction of sp³-hybridized carbons (Fsp3) is 0.500. The maximum Gasteiger partial charge on any atom is 0.244 e. The molecule has 2 rings (SSSR count). The van der Waals surface area contributed by atoms with Crippen molar-refractivity contribution >= 4 is 27.5 Å². The van der Waals surface area contributed by atoms with Crippen LogP contribution in [0.5, 0.6) is 0 Å². The van der Waals surface area contributed by atoms with Crippen molar-refractivity contribution in [2.45, 2.75) is 32.2 Å². The van der Waals surface area contributed by atoms with Crippen LogP contribution < -0.4 is 10.2 Å². The molecule has 5 heteroatoms. The average Bonchev–Trinajstić information content (AvgIpc) is 2.41. The molecule has 1 amide bonds. The standard InChI is InChI=1S/C14H18BrFN2O/c1-2-7-17-12-4-3-8-18(14(12)19)13-9-10(15)5-6-11(13)16/h5-6,9,12,17H,2-4,7-8H2,1H3. The Bertz CT molecular complexity index is 467. The lowest BCUT2D eigenvalue weighted by molar-refractivity contribution is -0.121. The van der Waals surface area contributed by atoms with Gasteiger partial charge in [-0.1, -0.05) is 22.9 Å². The number of piperidine rings is 1. The number of anilines is 1. The monoisotopic (exact) mass is 328 g/mol. The van der Waals surface area contributed by atoms with Gasteiger partial charge in [0.05, 0.1) is 11.7 Å². The number of carbonyl (C=O) groups is 1. The first-order valence-electron chi connectivity index (χ1n) is 6.63. The molecule has 1 N–H and O–H groups in total. The SMILES string of the molecule is CCCNC1CCCN(c2cc(Br)ccc2F)C1=O. The third kappa shape index (κ3) is 3.34. The predicted octanol–water partition coefficient (Wildman–Crippen LogP) is 3.08. The smallest absolute Gasteiger partial charge is 0.244 e. The summed E-state index contributed by atoms with van der Waals surface area (Å²) in [5, 5.41) is 3.23. The van der Waals surface area contributed by atoms with Crippen LogP contribution in [0.1, 0.15) is 26.2 Å². The molecule has 1 atom stereocenters. The highest BCUT2D eigenvalue weighted by Gasteiger charge is 2.30. The van der Waals surface area contributed by atoms with Gasteiger partial charge >= 0.3 is 0 Å². The van der Waals surface area contributed by atoms with Crippen LogP contribution in [0.2, 0.25) is 0 Å². The molecule has 1 aromatic rings. The van der Waals surface area contributed by atoms with E-state index in [2.05, 4.69) is 28.2 Å². The number of hydrogen-bond acceptors (Lipinski definition) is 2. The molecule has 1 fully saturated rings. The van der Waals surface area contributed by atoms with Gasteiger partial charge in [-0.2, -0.15) is 0 Å². The van der Waals surface area contributed by atoms with E-state index in [1.807, 2.05) is 0 Å². The number of rotatable bonds is 4. The molecule has 1 heterocycles. The first-order chi connectivity index (χ1) is 9.13. The van der Waals surface area contributed by atoms with Crippen molar-refractivity contribution in [1.82, 2.24) is 5.32 Å². The largest absolute Gasteiger partial charge is 0.308 e. The molecule has 0 aromatic heterocycles. The minimum Gasteiger partial charge on any atom is -0.308 e. The Kier molecular flexibility index (Phi) is 4.93. The number of amides is 1. The van der Waals surface area contributed by atoms with Crippen LogP contribution in [0.15, 0.2) is 22.7 Å². The summed E-state index contributed by atoms with van der Waals surface area (Å²) < 4.78 is 14.6. The van der Waals surface area contributed by atoms with Gasteiger partial charge in [0.1, 0.15) is 5.82 Å². The second-order valence-corrected chi connectivity index (χ2v) is 5.65. The van der Waals surface area contributed by atoms with Crippen LogP contribution in [0.25, 0.3) is 0 Å². The molecule has 3 nitrogen and oxygen atoms in total. The maximum atomic E-state index is 13.9. The zero-order valence-corrected chi connectivity index (χ0v) is 12.5. The van der Waals surface area contributed by atoms with E-state index in [1.165, 1.54) is 6.07 Å². The Hall–Kier alpha value is -0.940. The van der Waals surface area contributed by atoms with Crippen molar-refractivity contribution in [3.63, 3.8) is 0 Å². The molecule has 0 bridgehead atoms. The summed E-state index contributed by atoms with van der Waals surface area (Å²) >= 11 is 3.32. The van der Waals surface area contributed by atoms with Crippen LogP contribution in [0.3, 0.4) is 0 Å². The zero-order valence-electron chi connectivity index (χ0n) is 11.0. The second-order valence-electron chi connectivity index (χ2n) is 4.73. The van der Waals surface area contributed by atoms with Crippen LogP contribution in [0, 0.1) is 5.82 Å². The molecular weight excluding hydrogens is 311 g/mol. The number of benzene rings is 1. The molecular formula is C14H18BrFN2O. The van der Waals surface area contributed by atoms with Crippen molar-refractivity contribution < 1.29 is 9.18 Å². The molecule has 1 saturated heterocycles. The van der Waals surface area contributed by atoms with Crippen LogP contribution in [-0.2, 0) is 4.79 Å². The Labute approximate surface area is 121 Å². The number of nitrogens with zero attached hydrogens (tertiary/aromatic N) is 1. The lowest BCUT2D eigenvalue weighted by atomic mass is 10.0. The van der Waals surface area contributed by atoms with E-state index in [0.29, 0.717) is 12.2 Å². The quantitative estimate of drug-likeness (QED) is 0.921. The highest BCUT2D eigenvalue weighted by Crippen LogP contribution is 2.27. The van der Waals surface area contributed by atoms with E-state index >= 15 is 0 Å². The minimum absolute atomic E-state index is 0.0308. The molecule has 0 radical (unpaired) electrons. The van der Waals surface area contributed by atoms with Crippen molar-refractivity contribution in [1.29, 1.82) is 0 Å². The lowest BCUT2D eigenvalue weighted by Gasteiger charge is -2.33. The molecule has 19 heavy (non-hydrogen) atoms. The Morgan fingerprint density at radius 2 is 2.32 bits per heavy atom. The van der Waals surface area contributed by atoms with Crippen molar-refractivity contribution in [3.8, 4) is 0 Å². The van der Waals surface area contributed by atoms with Gasteiger partial charge in [0.2, 0.25) is 5.91 Å². The third-order valence-corrected chi connectivity index (χ3v) is 3.77. The Morgan fingerprint density at radius 1 is 1.53 bits per heavy atom. The molecule has 0 aliphatic carbocycles. The van der Waals surface area contributed by atoms with Gasteiger partial charge < -0.3 is 10.2 Å². The van der Waals surface area contributed by atoms with Gasteiger partial charge in [0.25, 0.3) is 0 Å². The summed E-state index contributed by atoms with van der Waals surface area (Å²) in [5.41, 5.74) is 0.363. The molecule has 0 saturated carbocycles. The topological polar surface area (TPSA) is 32.3 Å². The number of halogens is 2. The normalized spacial score (nSPS) is 19.8. The highest BCUT2D eigenvalue weighted by molar-refractivity contribution is 9.10. The molecule has 1 aromatic carbocycles. The van der Waals surface area contributed by atoms with E-state index in [1.54, 1.807) is 17.0 Å². The maximum absolute atomic E-state index is 13.9. The summed E-state index contributed by atoms with van der Waals surface area (Å²) in [6, 6.07) is 4.50.